The number of aromatic nitrogens is 2. The zero-order valence-corrected chi connectivity index (χ0v) is 11.6. The zero-order valence-electron chi connectivity index (χ0n) is 11.6. The van der Waals surface area contributed by atoms with Crippen LogP contribution in [-0.4, -0.2) is 28.9 Å². The van der Waals surface area contributed by atoms with Gasteiger partial charge in [-0.3, -0.25) is 0 Å². The average Bonchev–Trinajstić information content (AvgIpc) is 3.00. The zero-order chi connectivity index (χ0) is 13.2. The highest BCUT2D eigenvalue weighted by Gasteiger charge is 2.15. The Labute approximate surface area is 113 Å². The molecular formula is C15H20N2O2. The van der Waals surface area contributed by atoms with Crippen molar-refractivity contribution in [2.24, 2.45) is 7.05 Å². The molecular weight excluding hydrogens is 240 g/mol. The predicted octanol–water partition coefficient (Wildman–Crippen LogP) is 2.83. The summed E-state index contributed by atoms with van der Waals surface area (Å²) in [4.78, 5) is 4.52. The molecule has 19 heavy (non-hydrogen) atoms. The summed E-state index contributed by atoms with van der Waals surface area (Å²) in [7, 11) is 2.03. The Bertz CT molecular complexity index is 571. The Morgan fingerprint density at radius 1 is 1.47 bits per heavy atom. The summed E-state index contributed by atoms with van der Waals surface area (Å²) in [6, 6.07) is 6.09. The van der Waals surface area contributed by atoms with Crippen LogP contribution in [0.2, 0.25) is 0 Å². The molecule has 3 rings (SSSR count). The normalized spacial score (nSPS) is 19.2. The summed E-state index contributed by atoms with van der Waals surface area (Å²) in [5.74, 6) is 1.91. The van der Waals surface area contributed by atoms with E-state index in [0.29, 0.717) is 12.7 Å². The van der Waals surface area contributed by atoms with Crippen LogP contribution in [0.15, 0.2) is 18.2 Å². The number of benzene rings is 1. The maximum atomic E-state index is 5.80. The standard InChI is InChI=1S/C15H20N2O2/c1-11-16-14-10-13(5-6-15(14)17(11)2)19-9-7-12-4-3-8-18-12/h5-6,10,12H,3-4,7-9H2,1-2H3/t12-/m1/s1. The van der Waals surface area contributed by atoms with E-state index in [2.05, 4.69) is 15.6 Å². The average molecular weight is 260 g/mol. The Hall–Kier alpha value is -1.55. The van der Waals surface area contributed by atoms with Crippen LogP contribution < -0.4 is 4.74 Å². The van der Waals surface area contributed by atoms with E-state index in [1.807, 2.05) is 26.1 Å². The van der Waals surface area contributed by atoms with E-state index < -0.39 is 0 Å². The van der Waals surface area contributed by atoms with E-state index in [1.165, 1.54) is 12.8 Å². The Morgan fingerprint density at radius 2 is 2.37 bits per heavy atom. The predicted molar refractivity (Wildman–Crippen MR) is 74.5 cm³/mol. The molecule has 1 atom stereocenters. The number of hydrogen-bond acceptors (Lipinski definition) is 3. The van der Waals surface area contributed by atoms with Gasteiger partial charge in [0, 0.05) is 26.1 Å². The summed E-state index contributed by atoms with van der Waals surface area (Å²) < 4.78 is 13.5. The van der Waals surface area contributed by atoms with Gasteiger partial charge in [-0.1, -0.05) is 0 Å². The summed E-state index contributed by atoms with van der Waals surface area (Å²) in [5, 5.41) is 0. The van der Waals surface area contributed by atoms with Crippen LogP contribution in [0, 0.1) is 6.92 Å². The largest absolute Gasteiger partial charge is 0.493 e. The molecule has 0 spiro atoms. The van der Waals surface area contributed by atoms with Crippen molar-refractivity contribution in [1.29, 1.82) is 0 Å². The monoisotopic (exact) mass is 260 g/mol. The summed E-state index contributed by atoms with van der Waals surface area (Å²) in [6.45, 7) is 3.63. The molecule has 0 N–H and O–H groups in total. The number of imidazole rings is 1. The molecule has 0 saturated carbocycles. The van der Waals surface area contributed by atoms with Crippen molar-refractivity contribution in [3.05, 3.63) is 24.0 Å². The number of hydrogen-bond donors (Lipinski definition) is 0. The Kier molecular flexibility index (Phi) is 3.42. The van der Waals surface area contributed by atoms with Crippen LogP contribution in [0.4, 0.5) is 0 Å². The number of ether oxygens (including phenoxy) is 2. The van der Waals surface area contributed by atoms with E-state index in [0.717, 1.165) is 35.6 Å². The first-order valence-electron chi connectivity index (χ1n) is 6.91. The van der Waals surface area contributed by atoms with Gasteiger partial charge in [0.15, 0.2) is 0 Å². The van der Waals surface area contributed by atoms with Crippen molar-refractivity contribution in [1.82, 2.24) is 9.55 Å². The van der Waals surface area contributed by atoms with Gasteiger partial charge in [0.25, 0.3) is 0 Å². The molecule has 4 nitrogen and oxygen atoms in total. The number of aryl methyl sites for hydroxylation is 2. The lowest BCUT2D eigenvalue weighted by Crippen LogP contribution is -2.10. The number of rotatable bonds is 4. The minimum atomic E-state index is 0.390. The molecule has 1 aromatic heterocycles. The third-order valence-corrected chi connectivity index (χ3v) is 3.81. The van der Waals surface area contributed by atoms with Gasteiger partial charge < -0.3 is 14.0 Å². The van der Waals surface area contributed by atoms with Gasteiger partial charge >= 0.3 is 0 Å². The third-order valence-electron chi connectivity index (χ3n) is 3.81. The maximum Gasteiger partial charge on any atom is 0.121 e. The summed E-state index contributed by atoms with van der Waals surface area (Å²) in [5.41, 5.74) is 2.14. The molecule has 1 fully saturated rings. The van der Waals surface area contributed by atoms with Crippen LogP contribution in [0.1, 0.15) is 25.1 Å². The Morgan fingerprint density at radius 3 is 3.16 bits per heavy atom. The second-order valence-electron chi connectivity index (χ2n) is 5.14. The molecule has 1 aliphatic heterocycles. The van der Waals surface area contributed by atoms with Gasteiger partial charge in [0.2, 0.25) is 0 Å². The van der Waals surface area contributed by atoms with Crippen molar-refractivity contribution >= 4 is 11.0 Å². The van der Waals surface area contributed by atoms with Gasteiger partial charge in [-0.25, -0.2) is 4.98 Å². The lowest BCUT2D eigenvalue weighted by Gasteiger charge is -2.10. The molecule has 2 aromatic rings. The highest BCUT2D eigenvalue weighted by Crippen LogP contribution is 2.22. The molecule has 1 aliphatic rings. The van der Waals surface area contributed by atoms with E-state index in [4.69, 9.17) is 9.47 Å². The lowest BCUT2D eigenvalue weighted by molar-refractivity contribution is 0.0904. The van der Waals surface area contributed by atoms with Gasteiger partial charge in [-0.2, -0.15) is 0 Å². The molecule has 0 radical (unpaired) electrons. The van der Waals surface area contributed by atoms with Gasteiger partial charge in [0.1, 0.15) is 11.6 Å². The van der Waals surface area contributed by atoms with E-state index in [9.17, 15) is 0 Å². The minimum absolute atomic E-state index is 0.390. The smallest absolute Gasteiger partial charge is 0.121 e. The minimum Gasteiger partial charge on any atom is -0.493 e. The molecule has 0 unspecified atom stereocenters. The first-order valence-corrected chi connectivity index (χ1v) is 6.91. The van der Waals surface area contributed by atoms with Crippen molar-refractivity contribution in [2.75, 3.05) is 13.2 Å². The second kappa shape index (κ2) is 5.21. The fraction of sp³-hybridized carbons (Fsp3) is 0.533. The second-order valence-corrected chi connectivity index (χ2v) is 5.14. The molecule has 0 aliphatic carbocycles. The van der Waals surface area contributed by atoms with Crippen LogP contribution in [0.3, 0.4) is 0 Å². The molecule has 2 heterocycles. The molecule has 4 heteroatoms. The van der Waals surface area contributed by atoms with E-state index >= 15 is 0 Å². The van der Waals surface area contributed by atoms with Gasteiger partial charge in [0.05, 0.1) is 23.7 Å². The van der Waals surface area contributed by atoms with Gasteiger partial charge in [-0.15, -0.1) is 0 Å². The summed E-state index contributed by atoms with van der Waals surface area (Å²) >= 11 is 0. The van der Waals surface area contributed by atoms with E-state index in [1.54, 1.807) is 0 Å². The van der Waals surface area contributed by atoms with Crippen molar-refractivity contribution in [3.8, 4) is 5.75 Å². The fourth-order valence-electron chi connectivity index (χ4n) is 2.57. The van der Waals surface area contributed by atoms with Crippen LogP contribution in [-0.2, 0) is 11.8 Å². The summed E-state index contributed by atoms with van der Waals surface area (Å²) in [6.07, 6.45) is 3.71. The highest BCUT2D eigenvalue weighted by atomic mass is 16.5. The van der Waals surface area contributed by atoms with Crippen molar-refractivity contribution in [3.63, 3.8) is 0 Å². The maximum absolute atomic E-state index is 5.80. The lowest BCUT2D eigenvalue weighted by atomic mass is 10.2. The number of nitrogens with zero attached hydrogens (tertiary/aromatic N) is 2. The molecule has 0 amide bonds. The first-order chi connectivity index (χ1) is 9.24. The van der Waals surface area contributed by atoms with Crippen molar-refractivity contribution < 1.29 is 9.47 Å². The van der Waals surface area contributed by atoms with Gasteiger partial charge in [-0.05, 0) is 31.9 Å². The molecule has 0 bridgehead atoms. The van der Waals surface area contributed by atoms with E-state index in [-0.39, 0.29) is 0 Å². The fourth-order valence-corrected chi connectivity index (χ4v) is 2.57. The topological polar surface area (TPSA) is 36.3 Å². The third kappa shape index (κ3) is 2.59. The molecule has 1 aromatic carbocycles. The molecule has 1 saturated heterocycles. The first kappa shape index (κ1) is 12.5. The molecule has 102 valence electrons. The SMILES string of the molecule is Cc1nc2cc(OCC[C@H]3CCCO3)ccc2n1C. The van der Waals surface area contributed by atoms with Crippen molar-refractivity contribution in [2.45, 2.75) is 32.3 Å². The van der Waals surface area contributed by atoms with Crippen LogP contribution in [0.25, 0.3) is 11.0 Å². The van der Waals surface area contributed by atoms with Crippen LogP contribution >= 0.6 is 0 Å². The van der Waals surface area contributed by atoms with Crippen LogP contribution in [0.5, 0.6) is 5.75 Å². The highest BCUT2D eigenvalue weighted by molar-refractivity contribution is 5.77. The quantitative estimate of drug-likeness (QED) is 0.848. The Balaban J connectivity index is 1.64. The number of fused-ring (bicyclic) bond motifs is 1.